The first kappa shape index (κ1) is 12.6. The van der Waals surface area contributed by atoms with E-state index in [1.54, 1.807) is 18.2 Å². The summed E-state index contributed by atoms with van der Waals surface area (Å²) in [7, 11) is 0. The van der Waals surface area contributed by atoms with Crippen molar-refractivity contribution in [2.75, 3.05) is 11.1 Å². The summed E-state index contributed by atoms with van der Waals surface area (Å²) in [6.07, 6.45) is 0. The number of anilines is 3. The molecule has 0 atom stereocenters. The Labute approximate surface area is 108 Å². The van der Waals surface area contributed by atoms with Gasteiger partial charge in [0, 0.05) is 16.8 Å². The van der Waals surface area contributed by atoms with E-state index in [1.807, 2.05) is 6.92 Å². The van der Waals surface area contributed by atoms with Crippen LogP contribution in [0.25, 0.3) is 0 Å². The number of hydrogen-bond donors (Lipinski definition) is 2. The van der Waals surface area contributed by atoms with Gasteiger partial charge in [-0.2, -0.15) is 0 Å². The van der Waals surface area contributed by atoms with Crippen LogP contribution in [0.5, 0.6) is 0 Å². The number of hydrogen-bond acceptors (Lipinski definition) is 3. The maximum atomic E-state index is 13.4. The summed E-state index contributed by atoms with van der Waals surface area (Å²) in [5, 5.41) is 3.23. The first-order chi connectivity index (χ1) is 8.47. The highest BCUT2D eigenvalue weighted by atomic mass is 35.5. The molecule has 0 unspecified atom stereocenters. The SMILES string of the molecule is Cc1ccc(Nc2nc(N)c(F)cc2F)cc1Cl. The molecule has 1 aromatic heterocycles. The summed E-state index contributed by atoms with van der Waals surface area (Å²) in [6, 6.07) is 5.79. The van der Waals surface area contributed by atoms with Crippen molar-refractivity contribution in [2.45, 2.75) is 6.92 Å². The third kappa shape index (κ3) is 2.51. The molecule has 0 fully saturated rings. The van der Waals surface area contributed by atoms with Gasteiger partial charge in [0.25, 0.3) is 0 Å². The third-order valence-corrected chi connectivity index (χ3v) is 2.80. The molecule has 0 spiro atoms. The average molecular weight is 270 g/mol. The Balaban J connectivity index is 2.34. The van der Waals surface area contributed by atoms with Gasteiger partial charge >= 0.3 is 0 Å². The molecule has 0 aliphatic carbocycles. The van der Waals surface area contributed by atoms with E-state index in [4.69, 9.17) is 17.3 Å². The maximum Gasteiger partial charge on any atom is 0.169 e. The molecule has 0 bridgehead atoms. The first-order valence-corrected chi connectivity index (χ1v) is 5.50. The Kier molecular flexibility index (Phi) is 3.34. The highest BCUT2D eigenvalue weighted by Gasteiger charge is 2.10. The minimum absolute atomic E-state index is 0.145. The molecule has 0 amide bonds. The minimum atomic E-state index is -0.889. The van der Waals surface area contributed by atoms with Crippen LogP contribution >= 0.6 is 11.6 Å². The summed E-state index contributed by atoms with van der Waals surface area (Å²) in [6.45, 7) is 1.85. The number of aryl methyl sites for hydroxylation is 1. The largest absolute Gasteiger partial charge is 0.381 e. The monoisotopic (exact) mass is 269 g/mol. The maximum absolute atomic E-state index is 13.4. The zero-order chi connectivity index (χ0) is 13.3. The average Bonchev–Trinajstić information content (AvgIpc) is 2.31. The van der Waals surface area contributed by atoms with Gasteiger partial charge in [0.1, 0.15) is 0 Å². The Hall–Kier alpha value is -1.88. The fourth-order valence-electron chi connectivity index (χ4n) is 1.38. The molecule has 2 rings (SSSR count). The third-order valence-electron chi connectivity index (χ3n) is 2.39. The highest BCUT2D eigenvalue weighted by Crippen LogP contribution is 2.24. The quantitative estimate of drug-likeness (QED) is 0.875. The van der Waals surface area contributed by atoms with Crippen LogP contribution in [0, 0.1) is 18.6 Å². The van der Waals surface area contributed by atoms with Crippen LogP contribution in [0.2, 0.25) is 5.02 Å². The van der Waals surface area contributed by atoms with Crippen LogP contribution in [-0.4, -0.2) is 4.98 Å². The van der Waals surface area contributed by atoms with Gasteiger partial charge in [-0.3, -0.25) is 0 Å². The van der Waals surface area contributed by atoms with E-state index in [0.29, 0.717) is 16.8 Å². The first-order valence-electron chi connectivity index (χ1n) is 5.12. The lowest BCUT2D eigenvalue weighted by Gasteiger charge is -2.09. The molecule has 3 N–H and O–H groups in total. The van der Waals surface area contributed by atoms with E-state index in [2.05, 4.69) is 10.3 Å². The van der Waals surface area contributed by atoms with Crippen molar-refractivity contribution in [3.05, 3.63) is 46.5 Å². The summed E-state index contributed by atoms with van der Waals surface area (Å²) < 4.78 is 26.4. The smallest absolute Gasteiger partial charge is 0.169 e. The van der Waals surface area contributed by atoms with Crippen LogP contribution in [0.4, 0.5) is 26.1 Å². The molecule has 6 heteroatoms. The van der Waals surface area contributed by atoms with Gasteiger partial charge in [0.15, 0.2) is 23.3 Å². The molecule has 0 radical (unpaired) electrons. The molecule has 0 saturated heterocycles. The molecule has 0 saturated carbocycles. The summed E-state index contributed by atoms with van der Waals surface area (Å²) in [5.74, 6) is -2.22. The zero-order valence-corrected chi connectivity index (χ0v) is 10.2. The van der Waals surface area contributed by atoms with Crippen molar-refractivity contribution >= 4 is 28.9 Å². The molecule has 0 aliphatic heterocycles. The number of nitrogens with zero attached hydrogens (tertiary/aromatic N) is 1. The predicted molar refractivity (Wildman–Crippen MR) is 68.0 cm³/mol. The standard InChI is InChI=1S/C12H10ClF2N3/c1-6-2-3-7(4-8(6)13)17-12-10(15)5-9(14)11(16)18-12/h2-5H,1H3,(H3,16,17,18). The number of aromatic nitrogens is 1. The number of benzene rings is 1. The fourth-order valence-corrected chi connectivity index (χ4v) is 1.56. The van der Waals surface area contributed by atoms with Gasteiger partial charge in [0.05, 0.1) is 0 Å². The van der Waals surface area contributed by atoms with Crippen LogP contribution < -0.4 is 11.1 Å². The Bertz CT molecular complexity index is 602. The van der Waals surface area contributed by atoms with Crippen LogP contribution in [0.15, 0.2) is 24.3 Å². The molecule has 1 aromatic carbocycles. The van der Waals surface area contributed by atoms with Crippen LogP contribution in [0.3, 0.4) is 0 Å². The van der Waals surface area contributed by atoms with Crippen molar-refractivity contribution in [3.63, 3.8) is 0 Å². The summed E-state index contributed by atoms with van der Waals surface area (Å²) in [5.41, 5.74) is 6.72. The van der Waals surface area contributed by atoms with Gasteiger partial charge in [0.2, 0.25) is 0 Å². The van der Waals surface area contributed by atoms with Gasteiger partial charge in [-0.15, -0.1) is 0 Å². The normalized spacial score (nSPS) is 10.4. The minimum Gasteiger partial charge on any atom is -0.381 e. The molecule has 0 aliphatic rings. The summed E-state index contributed by atoms with van der Waals surface area (Å²) in [4.78, 5) is 3.59. The highest BCUT2D eigenvalue weighted by molar-refractivity contribution is 6.31. The molecule has 94 valence electrons. The molecular weight excluding hydrogens is 260 g/mol. The van der Waals surface area contributed by atoms with E-state index in [9.17, 15) is 8.78 Å². The Morgan fingerprint density at radius 3 is 2.61 bits per heavy atom. The Morgan fingerprint density at radius 2 is 1.94 bits per heavy atom. The lowest BCUT2D eigenvalue weighted by molar-refractivity contribution is 0.581. The fraction of sp³-hybridized carbons (Fsp3) is 0.0833. The molecule has 3 nitrogen and oxygen atoms in total. The zero-order valence-electron chi connectivity index (χ0n) is 9.47. The molecule has 1 heterocycles. The van der Waals surface area contributed by atoms with Gasteiger partial charge in [-0.05, 0) is 24.6 Å². The van der Waals surface area contributed by atoms with Crippen molar-refractivity contribution in [2.24, 2.45) is 0 Å². The van der Waals surface area contributed by atoms with Gasteiger partial charge < -0.3 is 11.1 Å². The van der Waals surface area contributed by atoms with Crippen LogP contribution in [-0.2, 0) is 0 Å². The molecule has 18 heavy (non-hydrogen) atoms. The second-order valence-corrected chi connectivity index (χ2v) is 4.18. The number of halogens is 3. The second-order valence-electron chi connectivity index (χ2n) is 3.77. The van der Waals surface area contributed by atoms with Crippen molar-refractivity contribution < 1.29 is 8.78 Å². The van der Waals surface area contributed by atoms with Gasteiger partial charge in [-0.1, -0.05) is 17.7 Å². The number of pyridine rings is 1. The van der Waals surface area contributed by atoms with Crippen molar-refractivity contribution in [1.29, 1.82) is 0 Å². The number of nitrogens with one attached hydrogen (secondary N) is 1. The van der Waals surface area contributed by atoms with Crippen molar-refractivity contribution in [3.8, 4) is 0 Å². The van der Waals surface area contributed by atoms with E-state index in [-0.39, 0.29) is 11.6 Å². The van der Waals surface area contributed by atoms with E-state index in [0.717, 1.165) is 5.56 Å². The molecular formula is C12H10ClF2N3. The number of nitrogens with two attached hydrogens (primary N) is 1. The van der Waals surface area contributed by atoms with Gasteiger partial charge in [-0.25, -0.2) is 13.8 Å². The number of rotatable bonds is 2. The van der Waals surface area contributed by atoms with E-state index < -0.39 is 11.6 Å². The lowest BCUT2D eigenvalue weighted by atomic mass is 10.2. The molecule has 2 aromatic rings. The van der Waals surface area contributed by atoms with E-state index >= 15 is 0 Å². The lowest BCUT2D eigenvalue weighted by Crippen LogP contribution is -2.03. The second kappa shape index (κ2) is 4.78. The van der Waals surface area contributed by atoms with Crippen LogP contribution in [0.1, 0.15) is 5.56 Å². The van der Waals surface area contributed by atoms with E-state index in [1.165, 1.54) is 0 Å². The topological polar surface area (TPSA) is 50.9 Å². The Morgan fingerprint density at radius 1 is 1.22 bits per heavy atom. The number of nitrogen functional groups attached to an aromatic ring is 1. The van der Waals surface area contributed by atoms with Crippen molar-refractivity contribution in [1.82, 2.24) is 4.98 Å². The summed E-state index contributed by atoms with van der Waals surface area (Å²) >= 11 is 5.94. The predicted octanol–water partition coefficient (Wildman–Crippen LogP) is 3.65.